The molecule has 2 aromatic rings. The molecular formula is C17H18ClN. The summed E-state index contributed by atoms with van der Waals surface area (Å²) < 4.78 is 0. The zero-order valence-corrected chi connectivity index (χ0v) is 11.7. The van der Waals surface area contributed by atoms with Crippen LogP contribution in [0.25, 0.3) is 11.1 Å². The molecule has 1 aliphatic heterocycles. The maximum absolute atomic E-state index is 6.24. The quantitative estimate of drug-likeness (QED) is 0.743. The van der Waals surface area contributed by atoms with Crippen molar-refractivity contribution in [3.63, 3.8) is 0 Å². The minimum absolute atomic E-state index is 0.813. The first-order valence-corrected chi connectivity index (χ1v) is 7.32. The lowest BCUT2D eigenvalue weighted by molar-refractivity contribution is 0.578. The molecule has 0 unspecified atom stereocenters. The Labute approximate surface area is 119 Å². The van der Waals surface area contributed by atoms with E-state index in [9.17, 15) is 0 Å². The van der Waals surface area contributed by atoms with Gasteiger partial charge in [-0.25, -0.2) is 0 Å². The fourth-order valence-corrected chi connectivity index (χ4v) is 2.94. The SMILES string of the molecule is Clc1ccccc1-c1ccc(N2CCCCC2)cc1. The number of benzene rings is 2. The van der Waals surface area contributed by atoms with Crippen molar-refractivity contribution >= 4 is 17.3 Å². The van der Waals surface area contributed by atoms with Gasteiger partial charge in [0.1, 0.15) is 0 Å². The van der Waals surface area contributed by atoms with Crippen molar-refractivity contribution in [3.05, 3.63) is 53.6 Å². The number of anilines is 1. The normalized spacial score (nSPS) is 15.5. The fourth-order valence-electron chi connectivity index (χ4n) is 2.70. The van der Waals surface area contributed by atoms with Crippen LogP contribution < -0.4 is 4.90 Å². The van der Waals surface area contributed by atoms with Crippen LogP contribution in [-0.2, 0) is 0 Å². The first kappa shape index (κ1) is 12.6. The average Bonchev–Trinajstić information content (AvgIpc) is 2.49. The van der Waals surface area contributed by atoms with Crippen molar-refractivity contribution in [1.82, 2.24) is 0 Å². The molecule has 0 atom stereocenters. The third-order valence-electron chi connectivity index (χ3n) is 3.77. The van der Waals surface area contributed by atoms with E-state index in [-0.39, 0.29) is 0 Å². The average molecular weight is 272 g/mol. The number of piperidine rings is 1. The predicted molar refractivity (Wildman–Crippen MR) is 83.0 cm³/mol. The zero-order chi connectivity index (χ0) is 13.1. The Morgan fingerprint density at radius 1 is 0.789 bits per heavy atom. The van der Waals surface area contributed by atoms with E-state index in [2.05, 4.69) is 35.2 Å². The highest BCUT2D eigenvalue weighted by molar-refractivity contribution is 6.33. The molecule has 1 heterocycles. The van der Waals surface area contributed by atoms with Gasteiger partial charge in [0, 0.05) is 29.4 Å². The van der Waals surface area contributed by atoms with Gasteiger partial charge in [-0.3, -0.25) is 0 Å². The summed E-state index contributed by atoms with van der Waals surface area (Å²) in [6.07, 6.45) is 3.99. The Morgan fingerprint density at radius 3 is 2.16 bits per heavy atom. The minimum Gasteiger partial charge on any atom is -0.372 e. The molecule has 1 nitrogen and oxygen atoms in total. The van der Waals surface area contributed by atoms with E-state index in [4.69, 9.17) is 11.6 Å². The number of halogens is 1. The fraction of sp³-hybridized carbons (Fsp3) is 0.294. The molecule has 0 aromatic heterocycles. The standard InChI is InChI=1S/C17H18ClN/c18-17-7-3-2-6-16(17)14-8-10-15(11-9-14)19-12-4-1-5-13-19/h2-3,6-11H,1,4-5,12-13H2. The van der Waals surface area contributed by atoms with E-state index in [0.29, 0.717) is 0 Å². The minimum atomic E-state index is 0.813. The summed E-state index contributed by atoms with van der Waals surface area (Å²) in [6, 6.07) is 16.8. The van der Waals surface area contributed by atoms with Gasteiger partial charge in [0.25, 0.3) is 0 Å². The number of rotatable bonds is 2. The van der Waals surface area contributed by atoms with Gasteiger partial charge in [-0.05, 0) is 43.0 Å². The lowest BCUT2D eigenvalue weighted by Gasteiger charge is -2.28. The third kappa shape index (κ3) is 2.76. The molecule has 0 amide bonds. The van der Waals surface area contributed by atoms with Crippen LogP contribution in [0.3, 0.4) is 0 Å². The van der Waals surface area contributed by atoms with Crippen molar-refractivity contribution in [2.24, 2.45) is 0 Å². The number of hydrogen-bond donors (Lipinski definition) is 0. The molecule has 3 rings (SSSR count). The highest BCUT2D eigenvalue weighted by atomic mass is 35.5. The van der Waals surface area contributed by atoms with E-state index in [1.165, 1.54) is 43.6 Å². The smallest absolute Gasteiger partial charge is 0.0484 e. The van der Waals surface area contributed by atoms with Crippen molar-refractivity contribution in [1.29, 1.82) is 0 Å². The van der Waals surface area contributed by atoms with E-state index in [1.54, 1.807) is 0 Å². The van der Waals surface area contributed by atoms with E-state index < -0.39 is 0 Å². The molecule has 2 aromatic carbocycles. The Balaban J connectivity index is 1.84. The van der Waals surface area contributed by atoms with E-state index >= 15 is 0 Å². The first-order chi connectivity index (χ1) is 9.34. The zero-order valence-electron chi connectivity index (χ0n) is 11.0. The summed E-state index contributed by atoms with van der Waals surface area (Å²) in [5.74, 6) is 0. The molecule has 1 fully saturated rings. The maximum Gasteiger partial charge on any atom is 0.0484 e. The van der Waals surface area contributed by atoms with Gasteiger partial charge in [-0.15, -0.1) is 0 Å². The summed E-state index contributed by atoms with van der Waals surface area (Å²) in [4.78, 5) is 2.47. The van der Waals surface area contributed by atoms with Gasteiger partial charge in [0.15, 0.2) is 0 Å². The molecule has 0 saturated carbocycles. The Morgan fingerprint density at radius 2 is 1.47 bits per heavy atom. The van der Waals surface area contributed by atoms with E-state index in [1.807, 2.05) is 18.2 Å². The summed E-state index contributed by atoms with van der Waals surface area (Å²) in [5, 5.41) is 0.813. The van der Waals surface area contributed by atoms with Crippen molar-refractivity contribution in [2.75, 3.05) is 18.0 Å². The van der Waals surface area contributed by atoms with Gasteiger partial charge in [0.2, 0.25) is 0 Å². The largest absolute Gasteiger partial charge is 0.372 e. The molecule has 0 N–H and O–H groups in total. The highest BCUT2D eigenvalue weighted by Gasteiger charge is 2.11. The molecule has 1 saturated heterocycles. The molecule has 0 aliphatic carbocycles. The van der Waals surface area contributed by atoms with Crippen molar-refractivity contribution in [2.45, 2.75) is 19.3 Å². The molecular weight excluding hydrogens is 254 g/mol. The molecule has 19 heavy (non-hydrogen) atoms. The summed E-state index contributed by atoms with van der Waals surface area (Å²) in [6.45, 7) is 2.37. The topological polar surface area (TPSA) is 3.24 Å². The van der Waals surface area contributed by atoms with Crippen molar-refractivity contribution in [3.8, 4) is 11.1 Å². The second-order valence-corrected chi connectivity index (χ2v) is 5.48. The summed E-state index contributed by atoms with van der Waals surface area (Å²) in [5.41, 5.74) is 3.62. The molecule has 98 valence electrons. The van der Waals surface area contributed by atoms with Gasteiger partial charge >= 0.3 is 0 Å². The summed E-state index contributed by atoms with van der Waals surface area (Å²) >= 11 is 6.24. The maximum atomic E-state index is 6.24. The number of nitrogens with zero attached hydrogens (tertiary/aromatic N) is 1. The van der Waals surface area contributed by atoms with E-state index in [0.717, 1.165) is 10.6 Å². The Hall–Kier alpha value is -1.47. The predicted octanol–water partition coefficient (Wildman–Crippen LogP) is 5.00. The van der Waals surface area contributed by atoms with Crippen LogP contribution >= 0.6 is 11.6 Å². The molecule has 0 spiro atoms. The van der Waals surface area contributed by atoms with Crippen molar-refractivity contribution < 1.29 is 0 Å². The molecule has 0 radical (unpaired) electrons. The van der Waals surface area contributed by atoms with Crippen LogP contribution in [0.4, 0.5) is 5.69 Å². The third-order valence-corrected chi connectivity index (χ3v) is 4.10. The monoisotopic (exact) mass is 271 g/mol. The van der Waals surface area contributed by atoms with Gasteiger partial charge in [-0.1, -0.05) is 41.9 Å². The highest BCUT2D eigenvalue weighted by Crippen LogP contribution is 2.29. The molecule has 0 bridgehead atoms. The first-order valence-electron chi connectivity index (χ1n) is 6.94. The van der Waals surface area contributed by atoms with Gasteiger partial charge in [-0.2, -0.15) is 0 Å². The molecule has 2 heteroatoms. The lowest BCUT2D eigenvalue weighted by Crippen LogP contribution is -2.29. The number of hydrogen-bond acceptors (Lipinski definition) is 1. The second-order valence-electron chi connectivity index (χ2n) is 5.07. The van der Waals surface area contributed by atoms with Crippen LogP contribution in [0.1, 0.15) is 19.3 Å². The van der Waals surface area contributed by atoms with Crippen LogP contribution in [0.2, 0.25) is 5.02 Å². The van der Waals surface area contributed by atoms with Gasteiger partial charge < -0.3 is 4.90 Å². The Kier molecular flexibility index (Phi) is 3.74. The van der Waals surface area contributed by atoms with Gasteiger partial charge in [0.05, 0.1) is 0 Å². The second kappa shape index (κ2) is 5.66. The summed E-state index contributed by atoms with van der Waals surface area (Å²) in [7, 11) is 0. The van der Waals surface area contributed by atoms with Crippen LogP contribution in [0, 0.1) is 0 Å². The van der Waals surface area contributed by atoms with Crippen LogP contribution in [-0.4, -0.2) is 13.1 Å². The molecule has 1 aliphatic rings. The lowest BCUT2D eigenvalue weighted by atomic mass is 10.0. The van der Waals surface area contributed by atoms with Crippen LogP contribution in [0.15, 0.2) is 48.5 Å². The van der Waals surface area contributed by atoms with Crippen LogP contribution in [0.5, 0.6) is 0 Å². The Bertz CT molecular complexity index is 541.